The minimum atomic E-state index is 0.221. The third-order valence-electron chi connectivity index (χ3n) is 3.44. The van der Waals surface area contributed by atoms with Crippen molar-refractivity contribution in [3.63, 3.8) is 0 Å². The molecule has 0 aliphatic heterocycles. The van der Waals surface area contributed by atoms with Crippen LogP contribution in [0.3, 0.4) is 0 Å². The molecule has 1 aromatic rings. The molecule has 0 heterocycles. The molecule has 0 saturated heterocycles. The smallest absolute Gasteiger partial charge is 0.0589 e. The Morgan fingerprint density at radius 2 is 1.88 bits per heavy atom. The van der Waals surface area contributed by atoms with E-state index in [0.29, 0.717) is 5.92 Å². The van der Waals surface area contributed by atoms with E-state index in [2.05, 4.69) is 57.8 Å². The molecular formula is C15H25NO. The third-order valence-corrected chi connectivity index (χ3v) is 3.44. The number of hydrogen-bond acceptors (Lipinski definition) is 2. The summed E-state index contributed by atoms with van der Waals surface area (Å²) in [5.74, 6) is 0.468. The van der Waals surface area contributed by atoms with Crippen molar-refractivity contribution in [1.82, 2.24) is 4.90 Å². The molecule has 1 aromatic carbocycles. The van der Waals surface area contributed by atoms with E-state index in [1.54, 1.807) is 0 Å². The Morgan fingerprint density at radius 3 is 2.35 bits per heavy atom. The molecule has 96 valence electrons. The first kappa shape index (κ1) is 14.2. The summed E-state index contributed by atoms with van der Waals surface area (Å²) in [6, 6.07) is 6.79. The Hall–Kier alpha value is -0.860. The molecule has 0 amide bonds. The summed E-state index contributed by atoms with van der Waals surface area (Å²) in [7, 11) is 2.08. The number of benzene rings is 1. The van der Waals surface area contributed by atoms with Crippen LogP contribution >= 0.6 is 0 Å². The first-order valence-electron chi connectivity index (χ1n) is 6.33. The maximum atomic E-state index is 9.42. The van der Waals surface area contributed by atoms with Crippen molar-refractivity contribution in [2.45, 2.75) is 40.3 Å². The Kier molecular flexibility index (Phi) is 5.16. The molecule has 0 radical (unpaired) electrons. The molecule has 0 spiro atoms. The molecule has 17 heavy (non-hydrogen) atoms. The van der Waals surface area contributed by atoms with Gasteiger partial charge >= 0.3 is 0 Å². The average Bonchev–Trinajstić information content (AvgIpc) is 2.22. The highest BCUT2D eigenvalue weighted by atomic mass is 16.3. The van der Waals surface area contributed by atoms with Crippen molar-refractivity contribution in [2.75, 3.05) is 13.7 Å². The molecule has 0 aliphatic carbocycles. The lowest BCUT2D eigenvalue weighted by Gasteiger charge is -2.30. The summed E-state index contributed by atoms with van der Waals surface area (Å²) in [5, 5.41) is 9.42. The van der Waals surface area contributed by atoms with E-state index in [1.165, 1.54) is 16.7 Å². The molecule has 0 aliphatic rings. The van der Waals surface area contributed by atoms with Gasteiger partial charge in [0.25, 0.3) is 0 Å². The molecule has 2 nitrogen and oxygen atoms in total. The second kappa shape index (κ2) is 6.18. The van der Waals surface area contributed by atoms with Crippen LogP contribution < -0.4 is 0 Å². The fourth-order valence-electron chi connectivity index (χ4n) is 2.27. The normalized spacial score (nSPS) is 13.4. The maximum absolute atomic E-state index is 9.42. The summed E-state index contributed by atoms with van der Waals surface area (Å²) >= 11 is 0. The topological polar surface area (TPSA) is 23.5 Å². The summed E-state index contributed by atoms with van der Waals surface area (Å²) < 4.78 is 0. The Balaban J connectivity index is 2.76. The fourth-order valence-corrected chi connectivity index (χ4v) is 2.27. The molecule has 0 bridgehead atoms. The summed E-state index contributed by atoms with van der Waals surface area (Å²) in [4.78, 5) is 2.24. The predicted octanol–water partition coefficient (Wildman–Crippen LogP) is 2.75. The zero-order valence-electron chi connectivity index (χ0n) is 11.7. The molecule has 0 aromatic heterocycles. The van der Waals surface area contributed by atoms with Gasteiger partial charge in [0.1, 0.15) is 0 Å². The number of nitrogens with zero attached hydrogens (tertiary/aromatic N) is 1. The zero-order chi connectivity index (χ0) is 13.0. The van der Waals surface area contributed by atoms with E-state index >= 15 is 0 Å². The van der Waals surface area contributed by atoms with Crippen molar-refractivity contribution in [2.24, 2.45) is 5.92 Å². The minimum absolute atomic E-state index is 0.221. The highest BCUT2D eigenvalue weighted by Crippen LogP contribution is 2.16. The highest BCUT2D eigenvalue weighted by molar-refractivity contribution is 5.30. The largest absolute Gasteiger partial charge is 0.395 e. The second-order valence-electron chi connectivity index (χ2n) is 5.34. The standard InChI is InChI=1S/C15H25NO/c1-11(2)15(10-17)16(5)9-14-7-6-12(3)8-13(14)4/h6-8,11,15,17H,9-10H2,1-5H3. The molecule has 1 N–H and O–H groups in total. The first-order valence-corrected chi connectivity index (χ1v) is 6.33. The van der Waals surface area contributed by atoms with Crippen LogP contribution in [-0.4, -0.2) is 29.7 Å². The van der Waals surface area contributed by atoms with Crippen molar-refractivity contribution >= 4 is 0 Å². The van der Waals surface area contributed by atoms with Gasteiger partial charge in [-0.25, -0.2) is 0 Å². The van der Waals surface area contributed by atoms with Gasteiger partial charge in [-0.1, -0.05) is 37.6 Å². The van der Waals surface area contributed by atoms with Crippen molar-refractivity contribution in [3.8, 4) is 0 Å². The monoisotopic (exact) mass is 235 g/mol. The van der Waals surface area contributed by atoms with Crippen molar-refractivity contribution in [1.29, 1.82) is 0 Å². The number of aliphatic hydroxyl groups is 1. The molecule has 1 unspecified atom stereocenters. The van der Waals surface area contributed by atoms with Crippen molar-refractivity contribution in [3.05, 3.63) is 34.9 Å². The van der Waals surface area contributed by atoms with Gasteiger partial charge in [0.15, 0.2) is 0 Å². The minimum Gasteiger partial charge on any atom is -0.395 e. The van der Waals surface area contributed by atoms with Crippen LogP contribution in [-0.2, 0) is 6.54 Å². The van der Waals surface area contributed by atoms with Crippen LogP contribution in [0.2, 0.25) is 0 Å². The van der Waals surface area contributed by atoms with Gasteiger partial charge in [0, 0.05) is 12.6 Å². The quantitative estimate of drug-likeness (QED) is 0.848. The zero-order valence-corrected chi connectivity index (χ0v) is 11.7. The SMILES string of the molecule is Cc1ccc(CN(C)C(CO)C(C)C)c(C)c1. The van der Waals surface area contributed by atoms with E-state index in [-0.39, 0.29) is 12.6 Å². The summed E-state index contributed by atoms with van der Waals surface area (Å²) in [6.07, 6.45) is 0. The molecule has 0 saturated carbocycles. The van der Waals surface area contributed by atoms with E-state index in [9.17, 15) is 5.11 Å². The van der Waals surface area contributed by atoms with Gasteiger partial charge < -0.3 is 5.11 Å². The van der Waals surface area contributed by atoms with Gasteiger partial charge in [-0.15, -0.1) is 0 Å². The average molecular weight is 235 g/mol. The van der Waals surface area contributed by atoms with E-state index in [1.807, 2.05) is 0 Å². The number of aryl methyl sites for hydroxylation is 2. The van der Waals surface area contributed by atoms with Crippen LogP contribution in [0, 0.1) is 19.8 Å². The predicted molar refractivity (Wildman–Crippen MR) is 73.1 cm³/mol. The summed E-state index contributed by atoms with van der Waals surface area (Å²) in [6.45, 7) is 9.69. The van der Waals surface area contributed by atoms with Crippen LogP contribution in [0.1, 0.15) is 30.5 Å². The molecule has 0 fully saturated rings. The number of likely N-dealkylation sites (N-methyl/N-ethyl adjacent to an activating group) is 1. The molecule has 1 rings (SSSR count). The Labute approximate surface area is 105 Å². The summed E-state index contributed by atoms with van der Waals surface area (Å²) in [5.41, 5.74) is 3.98. The second-order valence-corrected chi connectivity index (χ2v) is 5.34. The van der Waals surface area contributed by atoms with Gasteiger partial charge in [0.05, 0.1) is 6.61 Å². The Morgan fingerprint density at radius 1 is 1.24 bits per heavy atom. The maximum Gasteiger partial charge on any atom is 0.0589 e. The Bertz CT molecular complexity index is 360. The van der Waals surface area contributed by atoms with E-state index < -0.39 is 0 Å². The van der Waals surface area contributed by atoms with Gasteiger partial charge in [0.2, 0.25) is 0 Å². The first-order chi connectivity index (χ1) is 7.95. The lowest BCUT2D eigenvalue weighted by atomic mass is 10.0. The fraction of sp³-hybridized carbons (Fsp3) is 0.600. The third kappa shape index (κ3) is 3.83. The number of rotatable bonds is 5. The van der Waals surface area contributed by atoms with Gasteiger partial charge in [-0.3, -0.25) is 4.90 Å². The number of hydrogen-bond donors (Lipinski definition) is 1. The van der Waals surface area contributed by atoms with Crippen molar-refractivity contribution < 1.29 is 5.11 Å². The van der Waals surface area contributed by atoms with E-state index in [4.69, 9.17) is 0 Å². The number of aliphatic hydroxyl groups excluding tert-OH is 1. The van der Waals surface area contributed by atoms with Crippen LogP contribution in [0.15, 0.2) is 18.2 Å². The molecular weight excluding hydrogens is 210 g/mol. The van der Waals surface area contributed by atoms with E-state index in [0.717, 1.165) is 6.54 Å². The van der Waals surface area contributed by atoms with Crippen LogP contribution in [0.25, 0.3) is 0 Å². The lowest BCUT2D eigenvalue weighted by Crippen LogP contribution is -2.38. The molecule has 1 atom stereocenters. The highest BCUT2D eigenvalue weighted by Gasteiger charge is 2.18. The van der Waals surface area contributed by atoms with Gasteiger partial charge in [-0.2, -0.15) is 0 Å². The van der Waals surface area contributed by atoms with Crippen LogP contribution in [0.5, 0.6) is 0 Å². The lowest BCUT2D eigenvalue weighted by molar-refractivity contribution is 0.107. The molecule has 2 heteroatoms. The van der Waals surface area contributed by atoms with Gasteiger partial charge in [-0.05, 0) is 37.9 Å². The van der Waals surface area contributed by atoms with Crippen LogP contribution in [0.4, 0.5) is 0 Å².